The van der Waals surface area contributed by atoms with Crippen molar-refractivity contribution in [1.82, 2.24) is 5.32 Å². The van der Waals surface area contributed by atoms with Crippen LogP contribution in [-0.2, 0) is 20.2 Å². The minimum absolute atomic E-state index is 0.0232. The lowest BCUT2D eigenvalue weighted by atomic mass is 9.86. The zero-order valence-electron chi connectivity index (χ0n) is 18.2. The van der Waals surface area contributed by atoms with Crippen molar-refractivity contribution in [3.63, 3.8) is 0 Å². The number of sulfonamides is 1. The third-order valence-electron chi connectivity index (χ3n) is 5.32. The molecule has 2 aromatic rings. The molecule has 0 radical (unpaired) electrons. The summed E-state index contributed by atoms with van der Waals surface area (Å²) in [5, 5.41) is 2.89. The van der Waals surface area contributed by atoms with Crippen LogP contribution < -0.4 is 14.4 Å². The van der Waals surface area contributed by atoms with Crippen molar-refractivity contribution in [3.05, 3.63) is 54.1 Å². The van der Waals surface area contributed by atoms with E-state index >= 15 is 0 Å². The molecule has 0 aromatic heterocycles. The van der Waals surface area contributed by atoms with Gasteiger partial charge in [-0.05, 0) is 48.6 Å². The number of nitrogens with zero attached hydrogens (tertiary/aromatic N) is 1. The van der Waals surface area contributed by atoms with Crippen molar-refractivity contribution < 1.29 is 17.9 Å². The molecule has 0 fully saturated rings. The van der Waals surface area contributed by atoms with E-state index in [0.717, 1.165) is 12.0 Å². The van der Waals surface area contributed by atoms with Crippen LogP contribution in [0.3, 0.4) is 0 Å². The monoisotopic (exact) mass is 430 g/mol. The van der Waals surface area contributed by atoms with Crippen molar-refractivity contribution in [2.45, 2.75) is 63.5 Å². The van der Waals surface area contributed by atoms with Gasteiger partial charge < -0.3 is 10.1 Å². The SMILES string of the molecule is CC[C@@H](C)NC(=O)[C@@H]1CN(S(=O)(=O)c2ccccc2)c2cc(C(C)(C)C)ccc2O1. The number of hydrogen-bond donors (Lipinski definition) is 1. The Morgan fingerprint density at radius 2 is 1.87 bits per heavy atom. The van der Waals surface area contributed by atoms with E-state index in [0.29, 0.717) is 11.4 Å². The van der Waals surface area contributed by atoms with Crippen molar-refractivity contribution in [1.29, 1.82) is 0 Å². The van der Waals surface area contributed by atoms with E-state index in [9.17, 15) is 13.2 Å². The lowest BCUT2D eigenvalue weighted by molar-refractivity contribution is -0.128. The van der Waals surface area contributed by atoms with Gasteiger partial charge >= 0.3 is 0 Å². The van der Waals surface area contributed by atoms with Gasteiger partial charge in [0.25, 0.3) is 15.9 Å². The molecule has 1 amide bonds. The normalized spacial score (nSPS) is 17.6. The van der Waals surface area contributed by atoms with Gasteiger partial charge in [-0.25, -0.2) is 8.42 Å². The molecule has 2 atom stereocenters. The highest BCUT2D eigenvalue weighted by atomic mass is 32.2. The fraction of sp³-hybridized carbons (Fsp3) is 0.435. The largest absolute Gasteiger partial charge is 0.476 e. The Morgan fingerprint density at radius 1 is 1.20 bits per heavy atom. The maximum atomic E-state index is 13.5. The van der Waals surface area contributed by atoms with Gasteiger partial charge in [0.2, 0.25) is 0 Å². The molecule has 0 saturated heterocycles. The maximum absolute atomic E-state index is 13.5. The molecule has 7 heteroatoms. The molecular formula is C23H30N2O4S. The second-order valence-electron chi connectivity index (χ2n) is 8.71. The molecule has 1 heterocycles. The number of carbonyl (C=O) groups excluding carboxylic acids is 1. The van der Waals surface area contributed by atoms with Crippen LogP contribution in [0.4, 0.5) is 5.69 Å². The van der Waals surface area contributed by atoms with Crippen molar-refractivity contribution in [2.24, 2.45) is 0 Å². The third kappa shape index (κ3) is 4.46. The van der Waals surface area contributed by atoms with Crippen LogP contribution in [-0.4, -0.2) is 33.0 Å². The van der Waals surface area contributed by atoms with Crippen LogP contribution in [0.2, 0.25) is 0 Å². The molecule has 1 N–H and O–H groups in total. The predicted molar refractivity (Wildman–Crippen MR) is 118 cm³/mol. The Morgan fingerprint density at radius 3 is 2.47 bits per heavy atom. The highest BCUT2D eigenvalue weighted by Gasteiger charge is 2.38. The van der Waals surface area contributed by atoms with Crippen LogP contribution >= 0.6 is 0 Å². The Labute approximate surface area is 179 Å². The molecule has 3 rings (SSSR count). The molecule has 2 aromatic carbocycles. The molecule has 1 aliphatic rings. The van der Waals surface area contributed by atoms with Gasteiger partial charge in [-0.1, -0.05) is 52.0 Å². The molecular weight excluding hydrogens is 400 g/mol. The lowest BCUT2D eigenvalue weighted by Gasteiger charge is -2.36. The Hall–Kier alpha value is -2.54. The number of hydrogen-bond acceptors (Lipinski definition) is 4. The number of nitrogens with one attached hydrogen (secondary N) is 1. The van der Waals surface area contributed by atoms with Crippen LogP contribution in [0, 0.1) is 0 Å². The summed E-state index contributed by atoms with van der Waals surface area (Å²) in [4.78, 5) is 12.9. The summed E-state index contributed by atoms with van der Waals surface area (Å²) >= 11 is 0. The molecule has 0 unspecified atom stereocenters. The fourth-order valence-corrected chi connectivity index (χ4v) is 4.73. The number of amides is 1. The summed E-state index contributed by atoms with van der Waals surface area (Å²) < 4.78 is 34.2. The van der Waals surface area contributed by atoms with Crippen LogP contribution in [0.25, 0.3) is 0 Å². The van der Waals surface area contributed by atoms with E-state index in [1.54, 1.807) is 36.4 Å². The summed E-state index contributed by atoms with van der Waals surface area (Å²) in [6, 6.07) is 13.8. The first-order valence-corrected chi connectivity index (χ1v) is 11.7. The van der Waals surface area contributed by atoms with Gasteiger partial charge in [-0.3, -0.25) is 9.10 Å². The number of fused-ring (bicyclic) bond motifs is 1. The first-order valence-electron chi connectivity index (χ1n) is 10.2. The standard InChI is InChI=1S/C23H30N2O4S/c1-6-16(2)24-22(26)21-15-25(30(27,28)18-10-8-7-9-11-18)19-14-17(23(3,4)5)12-13-20(19)29-21/h7-14,16,21H,6,15H2,1-5H3,(H,24,26)/t16-,21+/m1/s1. The van der Waals surface area contributed by atoms with Gasteiger partial charge in [0, 0.05) is 6.04 Å². The summed E-state index contributed by atoms with van der Waals surface area (Å²) in [6.07, 6.45) is -0.152. The highest BCUT2D eigenvalue weighted by Crippen LogP contribution is 2.40. The number of anilines is 1. The second-order valence-corrected chi connectivity index (χ2v) is 10.6. The van der Waals surface area contributed by atoms with Gasteiger partial charge in [-0.15, -0.1) is 0 Å². The van der Waals surface area contributed by atoms with Crippen molar-refractivity contribution in [2.75, 3.05) is 10.8 Å². The third-order valence-corrected chi connectivity index (χ3v) is 7.11. The minimum Gasteiger partial charge on any atom is -0.476 e. The Bertz CT molecular complexity index is 1010. The zero-order chi connectivity index (χ0) is 22.1. The summed E-state index contributed by atoms with van der Waals surface area (Å²) in [6.45, 7) is 10.00. The number of ether oxygens (including phenoxy) is 1. The van der Waals surface area contributed by atoms with E-state index in [2.05, 4.69) is 26.1 Å². The van der Waals surface area contributed by atoms with E-state index in [4.69, 9.17) is 4.74 Å². The van der Waals surface area contributed by atoms with Gasteiger partial charge in [0.05, 0.1) is 17.1 Å². The predicted octanol–water partition coefficient (Wildman–Crippen LogP) is 3.86. The molecule has 0 bridgehead atoms. The smallest absolute Gasteiger partial charge is 0.264 e. The number of carbonyl (C=O) groups is 1. The van der Waals surface area contributed by atoms with E-state index in [1.807, 2.05) is 26.0 Å². The molecule has 1 aliphatic heterocycles. The summed E-state index contributed by atoms with van der Waals surface area (Å²) in [7, 11) is -3.86. The second kappa shape index (κ2) is 8.30. The number of rotatable bonds is 5. The molecule has 162 valence electrons. The molecule has 0 saturated carbocycles. The van der Waals surface area contributed by atoms with Crippen LogP contribution in [0.15, 0.2) is 53.4 Å². The van der Waals surface area contributed by atoms with Gasteiger partial charge in [0.15, 0.2) is 6.10 Å². The average molecular weight is 431 g/mol. The minimum atomic E-state index is -3.86. The Kier molecular flexibility index (Phi) is 6.13. The van der Waals surface area contributed by atoms with E-state index < -0.39 is 16.1 Å². The molecule has 0 spiro atoms. The summed E-state index contributed by atoms with van der Waals surface area (Å²) in [5.74, 6) is 0.0706. The van der Waals surface area contributed by atoms with Crippen LogP contribution in [0.5, 0.6) is 5.75 Å². The van der Waals surface area contributed by atoms with Crippen LogP contribution in [0.1, 0.15) is 46.6 Å². The lowest BCUT2D eigenvalue weighted by Crippen LogP contribution is -2.52. The molecule has 6 nitrogen and oxygen atoms in total. The molecule has 30 heavy (non-hydrogen) atoms. The first-order chi connectivity index (χ1) is 14.0. The van der Waals surface area contributed by atoms with Crippen molar-refractivity contribution in [3.8, 4) is 5.75 Å². The summed E-state index contributed by atoms with van der Waals surface area (Å²) in [5.41, 5.74) is 1.28. The quantitative estimate of drug-likeness (QED) is 0.782. The Balaban J connectivity index is 2.08. The average Bonchev–Trinajstić information content (AvgIpc) is 2.72. The first kappa shape index (κ1) is 22.2. The van der Waals surface area contributed by atoms with E-state index in [-0.39, 0.29) is 28.8 Å². The van der Waals surface area contributed by atoms with E-state index in [1.165, 1.54) is 4.31 Å². The van der Waals surface area contributed by atoms with Gasteiger partial charge in [-0.2, -0.15) is 0 Å². The number of benzene rings is 2. The maximum Gasteiger partial charge on any atom is 0.264 e. The van der Waals surface area contributed by atoms with Crippen molar-refractivity contribution >= 4 is 21.6 Å². The molecule has 0 aliphatic carbocycles. The highest BCUT2D eigenvalue weighted by molar-refractivity contribution is 7.92. The topological polar surface area (TPSA) is 75.7 Å². The zero-order valence-corrected chi connectivity index (χ0v) is 19.0. The van der Waals surface area contributed by atoms with Gasteiger partial charge in [0.1, 0.15) is 5.75 Å². The fourth-order valence-electron chi connectivity index (χ4n) is 3.24.